The fourth-order valence-electron chi connectivity index (χ4n) is 5.49. The Kier molecular flexibility index (Phi) is 4.01. The largest absolute Gasteiger partial charge is 0.389 e. The molecule has 3 aliphatic carbocycles. The van der Waals surface area contributed by atoms with Gasteiger partial charge < -0.3 is 5.11 Å². The molecule has 0 amide bonds. The van der Waals surface area contributed by atoms with Crippen molar-refractivity contribution in [2.75, 3.05) is 0 Å². The van der Waals surface area contributed by atoms with E-state index >= 15 is 0 Å². The summed E-state index contributed by atoms with van der Waals surface area (Å²) in [5.74, 6) is 3.90. The Bertz CT molecular complexity index is 370. The van der Waals surface area contributed by atoms with Crippen LogP contribution in [-0.4, -0.2) is 11.2 Å². The lowest BCUT2D eigenvalue weighted by Gasteiger charge is -2.45. The number of aliphatic hydroxyl groups is 1. The SMILES string of the molecule is CC1CCC[C@]2(C)[C@@H]([C@H](C)/C=C/[C@@H](O)C3CC3)CC[C@@H]12. The van der Waals surface area contributed by atoms with E-state index in [4.69, 9.17) is 0 Å². The van der Waals surface area contributed by atoms with Crippen molar-refractivity contribution in [3.63, 3.8) is 0 Å². The van der Waals surface area contributed by atoms with Crippen LogP contribution in [0.5, 0.6) is 0 Å². The van der Waals surface area contributed by atoms with Crippen LogP contribution in [-0.2, 0) is 0 Å². The van der Waals surface area contributed by atoms with E-state index in [0.29, 0.717) is 17.3 Å². The number of aliphatic hydroxyl groups excluding tert-OH is 1. The van der Waals surface area contributed by atoms with Gasteiger partial charge in [0.2, 0.25) is 0 Å². The van der Waals surface area contributed by atoms with E-state index < -0.39 is 0 Å². The number of allylic oxidation sites excluding steroid dienone is 1. The zero-order valence-electron chi connectivity index (χ0n) is 13.5. The van der Waals surface area contributed by atoms with Gasteiger partial charge in [-0.2, -0.15) is 0 Å². The summed E-state index contributed by atoms with van der Waals surface area (Å²) in [6, 6.07) is 0. The molecule has 6 atom stereocenters. The van der Waals surface area contributed by atoms with Crippen molar-refractivity contribution < 1.29 is 5.11 Å². The molecule has 3 saturated carbocycles. The van der Waals surface area contributed by atoms with Crippen LogP contribution < -0.4 is 0 Å². The monoisotopic (exact) mass is 276 g/mol. The van der Waals surface area contributed by atoms with Crippen molar-refractivity contribution in [1.82, 2.24) is 0 Å². The normalized spacial score (nSPS) is 44.5. The molecule has 20 heavy (non-hydrogen) atoms. The van der Waals surface area contributed by atoms with Crippen LogP contribution in [0.25, 0.3) is 0 Å². The van der Waals surface area contributed by atoms with Gasteiger partial charge in [-0.3, -0.25) is 0 Å². The summed E-state index contributed by atoms with van der Waals surface area (Å²) in [6.45, 7) is 7.42. The molecule has 0 radical (unpaired) electrons. The average Bonchev–Trinajstić information content (AvgIpc) is 3.18. The van der Waals surface area contributed by atoms with Crippen molar-refractivity contribution in [1.29, 1.82) is 0 Å². The molecule has 3 rings (SSSR count). The van der Waals surface area contributed by atoms with Gasteiger partial charge in [-0.25, -0.2) is 0 Å². The molecule has 0 aromatic rings. The van der Waals surface area contributed by atoms with E-state index in [-0.39, 0.29) is 6.10 Å². The van der Waals surface area contributed by atoms with Crippen LogP contribution in [0.2, 0.25) is 0 Å². The van der Waals surface area contributed by atoms with E-state index in [9.17, 15) is 5.11 Å². The van der Waals surface area contributed by atoms with E-state index in [1.54, 1.807) is 0 Å². The van der Waals surface area contributed by atoms with Crippen molar-refractivity contribution in [2.45, 2.75) is 71.8 Å². The van der Waals surface area contributed by atoms with Crippen molar-refractivity contribution >= 4 is 0 Å². The van der Waals surface area contributed by atoms with Gasteiger partial charge in [0.25, 0.3) is 0 Å². The minimum Gasteiger partial charge on any atom is -0.389 e. The Morgan fingerprint density at radius 3 is 2.55 bits per heavy atom. The third-order valence-corrected chi connectivity index (χ3v) is 6.90. The molecule has 0 aromatic heterocycles. The lowest BCUT2D eigenvalue weighted by molar-refractivity contribution is 0.0451. The number of hydrogen-bond acceptors (Lipinski definition) is 1. The zero-order valence-corrected chi connectivity index (χ0v) is 13.5. The Labute approximate surface area is 124 Å². The second-order valence-corrected chi connectivity index (χ2v) is 8.24. The van der Waals surface area contributed by atoms with E-state index in [2.05, 4.69) is 32.9 Å². The van der Waals surface area contributed by atoms with Crippen molar-refractivity contribution in [2.24, 2.45) is 35.0 Å². The Hall–Kier alpha value is -0.300. The molecule has 0 aromatic carbocycles. The molecule has 0 heterocycles. The maximum Gasteiger partial charge on any atom is 0.0749 e. The highest BCUT2D eigenvalue weighted by molar-refractivity contribution is 5.06. The molecule has 3 aliphatic rings. The first kappa shape index (κ1) is 14.6. The lowest BCUT2D eigenvalue weighted by Crippen LogP contribution is -2.38. The summed E-state index contributed by atoms with van der Waals surface area (Å²) in [6.07, 6.45) is 13.8. The summed E-state index contributed by atoms with van der Waals surface area (Å²) >= 11 is 0. The van der Waals surface area contributed by atoms with Crippen LogP contribution in [0.3, 0.4) is 0 Å². The van der Waals surface area contributed by atoms with Gasteiger partial charge in [0.15, 0.2) is 0 Å². The molecule has 0 aliphatic heterocycles. The molecule has 114 valence electrons. The topological polar surface area (TPSA) is 20.2 Å². The minimum absolute atomic E-state index is 0.173. The lowest BCUT2D eigenvalue weighted by atomic mass is 9.60. The second-order valence-electron chi connectivity index (χ2n) is 8.24. The van der Waals surface area contributed by atoms with Crippen molar-refractivity contribution in [3.05, 3.63) is 12.2 Å². The third-order valence-electron chi connectivity index (χ3n) is 6.90. The maximum absolute atomic E-state index is 10.0. The first-order valence-electron chi connectivity index (χ1n) is 8.89. The summed E-state index contributed by atoms with van der Waals surface area (Å²) < 4.78 is 0. The highest BCUT2D eigenvalue weighted by Crippen LogP contribution is 2.59. The van der Waals surface area contributed by atoms with Crippen LogP contribution in [0.1, 0.15) is 65.7 Å². The quantitative estimate of drug-likeness (QED) is 0.731. The van der Waals surface area contributed by atoms with Gasteiger partial charge in [0.1, 0.15) is 0 Å². The summed E-state index contributed by atoms with van der Waals surface area (Å²) in [5.41, 5.74) is 0.561. The van der Waals surface area contributed by atoms with Gasteiger partial charge in [0.05, 0.1) is 6.10 Å². The van der Waals surface area contributed by atoms with Crippen LogP contribution >= 0.6 is 0 Å². The molecule has 1 N–H and O–H groups in total. The van der Waals surface area contributed by atoms with Gasteiger partial charge in [0, 0.05) is 0 Å². The average molecular weight is 276 g/mol. The van der Waals surface area contributed by atoms with Gasteiger partial charge in [-0.05, 0) is 67.1 Å². The molecule has 1 unspecified atom stereocenters. The van der Waals surface area contributed by atoms with E-state index in [1.165, 1.54) is 44.9 Å². The minimum atomic E-state index is -0.173. The van der Waals surface area contributed by atoms with Crippen LogP contribution in [0.4, 0.5) is 0 Å². The Morgan fingerprint density at radius 2 is 1.85 bits per heavy atom. The standard InChI is InChI=1S/C19H32O/c1-13-5-4-12-19(3)16(13)9-10-17(19)14(2)6-11-18(20)15-7-8-15/h6,11,13-18,20H,4-5,7-10,12H2,1-3H3/b11-6+/t13?,14-,16+,17-,18-,19+/m1/s1. The first-order chi connectivity index (χ1) is 9.52. The highest BCUT2D eigenvalue weighted by atomic mass is 16.3. The summed E-state index contributed by atoms with van der Waals surface area (Å²) in [7, 11) is 0. The molecular formula is C19H32O. The summed E-state index contributed by atoms with van der Waals surface area (Å²) in [5, 5.41) is 10.0. The number of fused-ring (bicyclic) bond motifs is 1. The fourth-order valence-corrected chi connectivity index (χ4v) is 5.49. The third kappa shape index (κ3) is 2.58. The van der Waals surface area contributed by atoms with E-state index in [0.717, 1.165) is 17.8 Å². The molecular weight excluding hydrogens is 244 g/mol. The predicted molar refractivity (Wildman–Crippen MR) is 84.4 cm³/mol. The Morgan fingerprint density at radius 1 is 1.10 bits per heavy atom. The number of rotatable bonds is 4. The number of hydrogen-bond donors (Lipinski definition) is 1. The molecule has 0 saturated heterocycles. The Balaban J connectivity index is 1.66. The van der Waals surface area contributed by atoms with Gasteiger partial charge in [-0.1, -0.05) is 45.8 Å². The molecule has 0 spiro atoms. The second kappa shape index (κ2) is 5.48. The molecule has 1 nitrogen and oxygen atoms in total. The van der Waals surface area contributed by atoms with Crippen LogP contribution in [0.15, 0.2) is 12.2 Å². The highest BCUT2D eigenvalue weighted by Gasteiger charge is 2.50. The predicted octanol–water partition coefficient (Wildman–Crippen LogP) is 4.80. The van der Waals surface area contributed by atoms with Crippen molar-refractivity contribution in [3.8, 4) is 0 Å². The van der Waals surface area contributed by atoms with Gasteiger partial charge >= 0.3 is 0 Å². The molecule has 0 bridgehead atoms. The van der Waals surface area contributed by atoms with E-state index in [1.807, 2.05) is 0 Å². The fraction of sp³-hybridized carbons (Fsp3) is 0.895. The maximum atomic E-state index is 10.0. The molecule has 3 fully saturated rings. The van der Waals surface area contributed by atoms with Gasteiger partial charge in [-0.15, -0.1) is 0 Å². The molecule has 1 heteroatoms. The zero-order chi connectivity index (χ0) is 14.3. The summed E-state index contributed by atoms with van der Waals surface area (Å²) in [4.78, 5) is 0. The van der Waals surface area contributed by atoms with Crippen LogP contribution in [0, 0.1) is 35.0 Å². The smallest absolute Gasteiger partial charge is 0.0749 e. The first-order valence-corrected chi connectivity index (χ1v) is 8.89.